The Bertz CT molecular complexity index is 878. The molecule has 0 aliphatic carbocycles. The summed E-state index contributed by atoms with van der Waals surface area (Å²) < 4.78 is 16.2. The summed E-state index contributed by atoms with van der Waals surface area (Å²) in [7, 11) is 3.05. The Hall–Kier alpha value is -3.07. The zero-order valence-corrected chi connectivity index (χ0v) is 16.8. The third-order valence-electron chi connectivity index (χ3n) is 3.59. The minimum atomic E-state index is -1.16. The summed E-state index contributed by atoms with van der Waals surface area (Å²) in [5.41, 5.74) is 0.835. The zero-order chi connectivity index (χ0) is 20.7. The number of nitrogens with one attached hydrogen (secondary N) is 2. The molecule has 1 amide bonds. The molecular formula is C19H19BrN2O6. The minimum Gasteiger partial charge on any atom is -0.497 e. The third kappa shape index (κ3) is 5.98. The average Bonchev–Trinajstić information content (AvgIpc) is 2.66. The molecule has 2 aromatic rings. The van der Waals surface area contributed by atoms with E-state index in [2.05, 4.69) is 21.2 Å². The molecular weight excluding hydrogens is 432 g/mol. The van der Waals surface area contributed by atoms with Crippen LogP contribution in [0.2, 0.25) is 0 Å². The van der Waals surface area contributed by atoms with E-state index in [1.807, 2.05) is 0 Å². The average molecular weight is 451 g/mol. The van der Waals surface area contributed by atoms with Gasteiger partial charge in [-0.25, -0.2) is 4.79 Å². The van der Waals surface area contributed by atoms with Gasteiger partial charge in [-0.3, -0.25) is 10.2 Å². The Labute approximate surface area is 170 Å². The van der Waals surface area contributed by atoms with Gasteiger partial charge in [-0.2, -0.15) is 0 Å². The molecule has 0 atom stereocenters. The van der Waals surface area contributed by atoms with Gasteiger partial charge in [-0.05, 0) is 35.9 Å². The molecule has 3 N–H and O–H groups in total. The molecule has 2 rings (SSSR count). The Morgan fingerprint density at radius 2 is 1.75 bits per heavy atom. The lowest BCUT2D eigenvalue weighted by Crippen LogP contribution is -2.31. The number of amides is 1. The van der Waals surface area contributed by atoms with E-state index in [1.165, 1.54) is 26.4 Å². The first-order valence-electron chi connectivity index (χ1n) is 8.07. The molecule has 8 nitrogen and oxygen atoms in total. The zero-order valence-electron chi connectivity index (χ0n) is 15.2. The van der Waals surface area contributed by atoms with Gasteiger partial charge in [-0.1, -0.05) is 15.9 Å². The van der Waals surface area contributed by atoms with Gasteiger partial charge in [0.15, 0.2) is 6.61 Å². The number of rotatable bonds is 8. The number of carboxylic acid groups (broad SMARTS) is 1. The van der Waals surface area contributed by atoms with Crippen molar-refractivity contribution in [3.8, 4) is 17.2 Å². The molecule has 0 fully saturated rings. The maximum absolute atomic E-state index is 12.6. The Kier molecular flexibility index (Phi) is 7.39. The Morgan fingerprint density at radius 3 is 2.32 bits per heavy atom. The number of ether oxygens (including phenoxy) is 3. The number of amidine groups is 1. The van der Waals surface area contributed by atoms with Gasteiger partial charge in [0, 0.05) is 17.0 Å². The van der Waals surface area contributed by atoms with Crippen LogP contribution in [0.25, 0.3) is 0 Å². The number of methoxy groups -OCH3 is 2. The second-order valence-corrected chi connectivity index (χ2v) is 6.57. The summed E-state index contributed by atoms with van der Waals surface area (Å²) in [5.74, 6) is -0.534. The highest BCUT2D eigenvalue weighted by molar-refractivity contribution is 9.10. The van der Waals surface area contributed by atoms with Crippen LogP contribution in [0, 0.1) is 5.41 Å². The van der Waals surface area contributed by atoms with Crippen molar-refractivity contribution in [2.75, 3.05) is 20.8 Å². The predicted molar refractivity (Wildman–Crippen MR) is 106 cm³/mol. The highest BCUT2D eigenvalue weighted by atomic mass is 79.9. The van der Waals surface area contributed by atoms with Crippen molar-refractivity contribution in [3.05, 3.63) is 52.0 Å². The fourth-order valence-electron chi connectivity index (χ4n) is 2.37. The van der Waals surface area contributed by atoms with Crippen molar-refractivity contribution >= 4 is 33.6 Å². The van der Waals surface area contributed by atoms with E-state index < -0.39 is 18.5 Å². The second-order valence-electron chi connectivity index (χ2n) is 5.65. The maximum atomic E-state index is 12.6. The number of carbonyl (C=O) groups excluding carboxylic acids is 1. The number of carbonyl (C=O) groups is 2. The molecule has 0 saturated carbocycles. The van der Waals surface area contributed by atoms with E-state index in [0.717, 1.165) is 5.56 Å². The van der Waals surface area contributed by atoms with Crippen LogP contribution < -0.4 is 19.5 Å². The van der Waals surface area contributed by atoms with E-state index in [-0.39, 0.29) is 23.6 Å². The van der Waals surface area contributed by atoms with E-state index in [4.69, 9.17) is 24.7 Å². The summed E-state index contributed by atoms with van der Waals surface area (Å²) in [6.07, 6.45) is 0.138. The van der Waals surface area contributed by atoms with Gasteiger partial charge >= 0.3 is 5.97 Å². The standard InChI is InChI=1S/C19H19BrN2O6/c1-26-13-5-11(6-14(9-13)27-2)7-17(21)22-19(25)15-8-12(20)3-4-16(15)28-10-18(23)24/h3-6,8-9H,7,10H2,1-2H3,(H,23,24)(H2,21,22,25). The summed E-state index contributed by atoms with van der Waals surface area (Å²) in [6, 6.07) is 9.79. The van der Waals surface area contributed by atoms with Crippen molar-refractivity contribution in [1.82, 2.24) is 5.32 Å². The maximum Gasteiger partial charge on any atom is 0.341 e. The number of benzene rings is 2. The number of hydrogen-bond acceptors (Lipinski definition) is 6. The quantitative estimate of drug-likeness (QED) is 0.420. The molecule has 0 saturated heterocycles. The van der Waals surface area contributed by atoms with Crippen LogP contribution in [-0.2, 0) is 11.2 Å². The fraction of sp³-hybridized carbons (Fsp3) is 0.211. The summed E-state index contributed by atoms with van der Waals surface area (Å²) in [6.45, 7) is -0.580. The van der Waals surface area contributed by atoms with Crippen molar-refractivity contribution in [2.24, 2.45) is 0 Å². The molecule has 0 spiro atoms. The highest BCUT2D eigenvalue weighted by Crippen LogP contribution is 2.24. The van der Waals surface area contributed by atoms with E-state index >= 15 is 0 Å². The first-order valence-corrected chi connectivity index (χ1v) is 8.86. The minimum absolute atomic E-state index is 0.0514. The molecule has 2 aromatic carbocycles. The monoisotopic (exact) mass is 450 g/mol. The smallest absolute Gasteiger partial charge is 0.341 e. The first-order chi connectivity index (χ1) is 13.3. The summed E-state index contributed by atoms with van der Waals surface area (Å²) in [4.78, 5) is 23.3. The third-order valence-corrected chi connectivity index (χ3v) is 4.09. The van der Waals surface area contributed by atoms with Gasteiger partial charge in [0.2, 0.25) is 0 Å². The van der Waals surface area contributed by atoms with Gasteiger partial charge in [0.1, 0.15) is 23.1 Å². The summed E-state index contributed by atoms with van der Waals surface area (Å²) >= 11 is 3.26. The van der Waals surface area contributed by atoms with E-state index in [9.17, 15) is 9.59 Å². The molecule has 0 heterocycles. The number of halogens is 1. The van der Waals surface area contributed by atoms with Crippen molar-refractivity contribution < 1.29 is 28.9 Å². The molecule has 0 bridgehead atoms. The van der Waals surface area contributed by atoms with Crippen molar-refractivity contribution in [2.45, 2.75) is 6.42 Å². The number of carboxylic acids is 1. The lowest BCUT2D eigenvalue weighted by atomic mass is 10.1. The fourth-order valence-corrected chi connectivity index (χ4v) is 2.73. The van der Waals surface area contributed by atoms with E-state index in [1.54, 1.807) is 24.3 Å². The van der Waals surface area contributed by atoms with Crippen molar-refractivity contribution in [1.29, 1.82) is 5.41 Å². The van der Waals surface area contributed by atoms with Crippen LogP contribution in [-0.4, -0.2) is 43.6 Å². The highest BCUT2D eigenvalue weighted by Gasteiger charge is 2.16. The van der Waals surface area contributed by atoms with Crippen LogP contribution in [0.3, 0.4) is 0 Å². The van der Waals surface area contributed by atoms with Gasteiger partial charge in [-0.15, -0.1) is 0 Å². The summed E-state index contributed by atoms with van der Waals surface area (Å²) in [5, 5.41) is 19.3. The molecule has 0 aromatic heterocycles. The SMILES string of the molecule is COc1cc(CC(=N)NC(=O)c2cc(Br)ccc2OCC(=O)O)cc(OC)c1. The van der Waals surface area contributed by atoms with Crippen LogP contribution in [0.15, 0.2) is 40.9 Å². The molecule has 0 aliphatic heterocycles. The topological polar surface area (TPSA) is 118 Å². The lowest BCUT2D eigenvalue weighted by molar-refractivity contribution is -0.139. The Morgan fingerprint density at radius 1 is 1.11 bits per heavy atom. The molecule has 0 radical (unpaired) electrons. The number of aliphatic carboxylic acids is 1. The molecule has 28 heavy (non-hydrogen) atoms. The van der Waals surface area contributed by atoms with Gasteiger partial charge in [0.05, 0.1) is 19.8 Å². The normalized spacial score (nSPS) is 10.1. The Balaban J connectivity index is 2.13. The predicted octanol–water partition coefficient (Wildman–Crippen LogP) is 2.88. The number of hydrogen-bond donors (Lipinski definition) is 3. The molecule has 148 valence electrons. The molecule has 9 heteroatoms. The van der Waals surface area contributed by atoms with Gasteiger partial charge in [0.25, 0.3) is 5.91 Å². The van der Waals surface area contributed by atoms with Crippen LogP contribution >= 0.6 is 15.9 Å². The van der Waals surface area contributed by atoms with Crippen LogP contribution in [0.1, 0.15) is 15.9 Å². The van der Waals surface area contributed by atoms with E-state index in [0.29, 0.717) is 16.0 Å². The van der Waals surface area contributed by atoms with Crippen LogP contribution in [0.4, 0.5) is 0 Å². The molecule has 0 aliphatic rings. The van der Waals surface area contributed by atoms with Crippen LogP contribution in [0.5, 0.6) is 17.2 Å². The molecule has 0 unspecified atom stereocenters. The van der Waals surface area contributed by atoms with Gasteiger partial charge < -0.3 is 24.6 Å². The van der Waals surface area contributed by atoms with Crippen molar-refractivity contribution in [3.63, 3.8) is 0 Å². The second kappa shape index (κ2) is 9.75. The largest absolute Gasteiger partial charge is 0.497 e. The lowest BCUT2D eigenvalue weighted by Gasteiger charge is -2.13. The first kappa shape index (κ1) is 21.2.